The highest BCUT2D eigenvalue weighted by Gasteiger charge is 2.22. The number of hydrogen-bond acceptors (Lipinski definition) is 2. The molecule has 138 valence electrons. The van der Waals surface area contributed by atoms with E-state index in [1.807, 2.05) is 4.90 Å². The highest BCUT2D eigenvalue weighted by atomic mass is 19.1. The highest BCUT2D eigenvalue weighted by molar-refractivity contribution is 5.78. The summed E-state index contributed by atoms with van der Waals surface area (Å²) in [5, 5.41) is 2.82. The molecule has 2 amide bonds. The molecule has 1 aromatic rings. The van der Waals surface area contributed by atoms with Crippen LogP contribution in [0.3, 0.4) is 0 Å². The Hall–Kier alpha value is -1.91. The number of carbonyl (C=O) groups is 2. The molecule has 25 heavy (non-hydrogen) atoms. The quantitative estimate of drug-likeness (QED) is 0.767. The van der Waals surface area contributed by atoms with Gasteiger partial charge in [0.1, 0.15) is 5.82 Å². The van der Waals surface area contributed by atoms with Gasteiger partial charge < -0.3 is 10.2 Å². The molecule has 0 aromatic heterocycles. The first kappa shape index (κ1) is 19.4. The van der Waals surface area contributed by atoms with Crippen LogP contribution in [0, 0.1) is 5.82 Å². The molecule has 1 saturated carbocycles. The normalized spacial score (nSPS) is 15.4. The van der Waals surface area contributed by atoms with Crippen LogP contribution in [0.1, 0.15) is 57.4 Å². The van der Waals surface area contributed by atoms with Crippen LogP contribution in [0.5, 0.6) is 0 Å². The molecule has 1 fully saturated rings. The van der Waals surface area contributed by atoms with E-state index >= 15 is 0 Å². The van der Waals surface area contributed by atoms with Crippen molar-refractivity contribution in [1.29, 1.82) is 0 Å². The number of rotatable bonds is 7. The molecule has 0 heterocycles. The molecule has 0 aliphatic heterocycles. The molecular formula is C20H29FN2O2. The zero-order chi connectivity index (χ0) is 18.1. The van der Waals surface area contributed by atoms with Gasteiger partial charge in [-0.25, -0.2) is 4.39 Å². The summed E-state index contributed by atoms with van der Waals surface area (Å²) in [4.78, 5) is 25.9. The topological polar surface area (TPSA) is 49.4 Å². The van der Waals surface area contributed by atoms with E-state index < -0.39 is 0 Å². The van der Waals surface area contributed by atoms with Crippen molar-refractivity contribution in [2.24, 2.45) is 0 Å². The number of amides is 2. The SMILES string of the molecule is CC(=O)N(CCC(=O)NCCc1ccccc1F)C1CCCCCC1. The fraction of sp³-hybridized carbons (Fsp3) is 0.600. The van der Waals surface area contributed by atoms with Gasteiger partial charge in [0.15, 0.2) is 0 Å². The molecule has 5 heteroatoms. The van der Waals surface area contributed by atoms with Crippen molar-refractivity contribution < 1.29 is 14.0 Å². The van der Waals surface area contributed by atoms with Gasteiger partial charge in [-0.15, -0.1) is 0 Å². The lowest BCUT2D eigenvalue weighted by molar-refractivity contribution is -0.132. The van der Waals surface area contributed by atoms with Gasteiger partial charge in [0.25, 0.3) is 0 Å². The molecule has 1 aliphatic rings. The van der Waals surface area contributed by atoms with Crippen molar-refractivity contribution in [3.63, 3.8) is 0 Å². The molecule has 4 nitrogen and oxygen atoms in total. The third kappa shape index (κ3) is 6.48. The van der Waals surface area contributed by atoms with E-state index in [0.29, 0.717) is 31.5 Å². The van der Waals surface area contributed by atoms with Crippen LogP contribution in [0.25, 0.3) is 0 Å². The van der Waals surface area contributed by atoms with Gasteiger partial charge in [-0.2, -0.15) is 0 Å². The van der Waals surface area contributed by atoms with E-state index in [9.17, 15) is 14.0 Å². The lowest BCUT2D eigenvalue weighted by Gasteiger charge is -2.30. The Balaban J connectivity index is 1.75. The largest absolute Gasteiger partial charge is 0.356 e. The van der Waals surface area contributed by atoms with E-state index in [1.54, 1.807) is 25.1 Å². The second-order valence-electron chi connectivity index (χ2n) is 6.80. The predicted octanol–water partition coefficient (Wildman–Crippen LogP) is 3.45. The Bertz CT molecular complexity index is 569. The summed E-state index contributed by atoms with van der Waals surface area (Å²) in [5.41, 5.74) is 0.603. The molecule has 0 atom stereocenters. The Labute approximate surface area is 149 Å². The molecule has 1 aromatic carbocycles. The summed E-state index contributed by atoms with van der Waals surface area (Å²) < 4.78 is 13.5. The molecule has 0 spiro atoms. The molecule has 0 unspecified atom stereocenters. The van der Waals surface area contributed by atoms with Gasteiger partial charge in [-0.1, -0.05) is 43.9 Å². The van der Waals surface area contributed by atoms with Crippen LogP contribution in [-0.4, -0.2) is 35.8 Å². The summed E-state index contributed by atoms with van der Waals surface area (Å²) in [6.45, 7) is 2.45. The summed E-state index contributed by atoms with van der Waals surface area (Å²) >= 11 is 0. The van der Waals surface area contributed by atoms with Crippen molar-refractivity contribution in [2.75, 3.05) is 13.1 Å². The van der Waals surface area contributed by atoms with Crippen molar-refractivity contribution in [3.05, 3.63) is 35.6 Å². The first-order chi connectivity index (χ1) is 12.1. The lowest BCUT2D eigenvalue weighted by Crippen LogP contribution is -2.41. The smallest absolute Gasteiger partial charge is 0.221 e. The monoisotopic (exact) mass is 348 g/mol. The number of nitrogens with one attached hydrogen (secondary N) is 1. The zero-order valence-corrected chi connectivity index (χ0v) is 15.1. The lowest BCUT2D eigenvalue weighted by atomic mass is 10.1. The Morgan fingerprint density at radius 1 is 1.16 bits per heavy atom. The van der Waals surface area contributed by atoms with Crippen LogP contribution in [0.2, 0.25) is 0 Å². The third-order valence-corrected chi connectivity index (χ3v) is 4.92. The van der Waals surface area contributed by atoms with E-state index in [4.69, 9.17) is 0 Å². The number of nitrogens with zero attached hydrogens (tertiary/aromatic N) is 1. The molecule has 0 radical (unpaired) electrons. The van der Waals surface area contributed by atoms with Gasteiger partial charge in [0.05, 0.1) is 0 Å². The summed E-state index contributed by atoms with van der Waals surface area (Å²) in [7, 11) is 0. The van der Waals surface area contributed by atoms with Crippen LogP contribution >= 0.6 is 0 Å². The fourth-order valence-electron chi connectivity index (χ4n) is 3.51. The fourth-order valence-corrected chi connectivity index (χ4v) is 3.51. The van der Waals surface area contributed by atoms with Crippen LogP contribution < -0.4 is 5.32 Å². The first-order valence-corrected chi connectivity index (χ1v) is 9.35. The van der Waals surface area contributed by atoms with Crippen molar-refractivity contribution in [1.82, 2.24) is 10.2 Å². The number of benzene rings is 1. The third-order valence-electron chi connectivity index (χ3n) is 4.92. The zero-order valence-electron chi connectivity index (χ0n) is 15.1. The summed E-state index contributed by atoms with van der Waals surface area (Å²) in [5.74, 6) is -0.282. The van der Waals surface area contributed by atoms with Crippen molar-refractivity contribution in [3.8, 4) is 0 Å². The van der Waals surface area contributed by atoms with Gasteiger partial charge in [-0.05, 0) is 30.9 Å². The Morgan fingerprint density at radius 3 is 2.48 bits per heavy atom. The summed E-state index contributed by atoms with van der Waals surface area (Å²) in [6.07, 6.45) is 7.62. The average Bonchev–Trinajstić information content (AvgIpc) is 2.86. The molecular weight excluding hydrogens is 319 g/mol. The van der Waals surface area contributed by atoms with Gasteiger partial charge in [0.2, 0.25) is 11.8 Å². The van der Waals surface area contributed by atoms with Gasteiger partial charge >= 0.3 is 0 Å². The highest BCUT2D eigenvalue weighted by Crippen LogP contribution is 2.22. The maximum atomic E-state index is 13.5. The summed E-state index contributed by atoms with van der Waals surface area (Å²) in [6, 6.07) is 6.87. The van der Waals surface area contributed by atoms with Gasteiger partial charge in [-0.3, -0.25) is 9.59 Å². The van der Waals surface area contributed by atoms with E-state index in [2.05, 4.69) is 5.32 Å². The molecule has 2 rings (SSSR count). The maximum absolute atomic E-state index is 13.5. The molecule has 1 N–H and O–H groups in total. The second kappa shape index (κ2) is 10.2. The first-order valence-electron chi connectivity index (χ1n) is 9.35. The van der Waals surface area contributed by atoms with Crippen LogP contribution in [0.4, 0.5) is 4.39 Å². The van der Waals surface area contributed by atoms with E-state index in [-0.39, 0.29) is 23.7 Å². The standard InChI is InChI=1S/C20H29FN2O2/c1-16(24)23(18-9-4-2-3-5-10-18)15-13-20(25)22-14-12-17-8-6-7-11-19(17)21/h6-8,11,18H,2-5,9-10,12-15H2,1H3,(H,22,25). The minimum absolute atomic E-state index is 0.0473. The van der Waals surface area contributed by atoms with Gasteiger partial charge in [0, 0.05) is 32.5 Å². The van der Waals surface area contributed by atoms with Crippen LogP contribution in [0.15, 0.2) is 24.3 Å². The Kier molecular flexibility index (Phi) is 7.89. The molecule has 0 saturated heterocycles. The predicted molar refractivity (Wildman–Crippen MR) is 96.6 cm³/mol. The van der Waals surface area contributed by atoms with Crippen molar-refractivity contribution in [2.45, 2.75) is 64.3 Å². The second-order valence-corrected chi connectivity index (χ2v) is 6.80. The molecule has 0 bridgehead atoms. The van der Waals surface area contributed by atoms with Crippen molar-refractivity contribution >= 4 is 11.8 Å². The Morgan fingerprint density at radius 2 is 1.84 bits per heavy atom. The minimum atomic E-state index is -0.243. The van der Waals surface area contributed by atoms with E-state index in [1.165, 1.54) is 18.9 Å². The number of carbonyl (C=O) groups excluding carboxylic acids is 2. The van der Waals surface area contributed by atoms with E-state index in [0.717, 1.165) is 25.7 Å². The average molecular weight is 348 g/mol. The maximum Gasteiger partial charge on any atom is 0.221 e. The minimum Gasteiger partial charge on any atom is -0.356 e. The number of halogens is 1. The number of hydrogen-bond donors (Lipinski definition) is 1. The molecule has 1 aliphatic carbocycles. The van der Waals surface area contributed by atoms with Crippen LogP contribution in [-0.2, 0) is 16.0 Å².